The predicted molar refractivity (Wildman–Crippen MR) is 105 cm³/mol. The molecule has 0 aliphatic carbocycles. The fraction of sp³-hybridized carbons (Fsp3) is 0.895. The molecule has 1 aliphatic rings. The predicted octanol–water partition coefficient (Wildman–Crippen LogP) is 6.69. The van der Waals surface area contributed by atoms with Gasteiger partial charge in [-0.25, -0.2) is 0 Å². The van der Waals surface area contributed by atoms with Crippen molar-refractivity contribution in [2.45, 2.75) is 92.4 Å². The normalized spacial score (nSPS) is 12.1. The summed E-state index contributed by atoms with van der Waals surface area (Å²) in [5.74, 6) is 0.924. The summed E-state index contributed by atoms with van der Waals surface area (Å²) < 4.78 is 0. The Hall–Kier alpha value is 3.06. The van der Waals surface area contributed by atoms with Crippen LogP contribution in [0.1, 0.15) is 92.4 Å². The topological polar surface area (TPSA) is 12.0 Å². The molecule has 1 N–H and O–H groups in total. The second-order valence-electron chi connectivity index (χ2n) is 5.18. The van der Waals surface area contributed by atoms with Gasteiger partial charge in [-0.2, -0.15) is 31.9 Å². The first-order valence-electron chi connectivity index (χ1n) is 9.12. The van der Waals surface area contributed by atoms with Crippen molar-refractivity contribution >= 4 is 12.6 Å². The molecule has 0 radical (unpaired) electrons. The molecular weight excluding hydrogens is 1010 g/mol. The molecule has 25 heavy (non-hydrogen) atoms. The molecule has 0 aromatic heterocycles. The van der Waals surface area contributed by atoms with Gasteiger partial charge in [-0.05, 0) is 25.1 Å². The van der Waals surface area contributed by atoms with Crippen molar-refractivity contribution in [3.63, 3.8) is 0 Å². The third kappa shape index (κ3) is 52.1. The number of unbranched alkanes of at least 4 members (excludes halogenated alkanes) is 4. The van der Waals surface area contributed by atoms with Crippen molar-refractivity contribution in [3.05, 3.63) is 13.0 Å². The summed E-state index contributed by atoms with van der Waals surface area (Å²) in [5, 5.41) is 3.16. The molecule has 0 aromatic carbocycles. The summed E-state index contributed by atoms with van der Waals surface area (Å²) in [4.78, 5) is 0. The zero-order chi connectivity index (χ0) is 16.8. The third-order valence-electron chi connectivity index (χ3n) is 3.39. The maximum Gasteiger partial charge on any atom is 0 e. The van der Waals surface area contributed by atoms with Gasteiger partial charge in [0.15, 0.2) is 0 Å². The average molecular weight is 1050 g/mol. The Morgan fingerprint density at radius 3 is 1.84 bits per heavy atom. The Labute approximate surface area is 224 Å². The minimum absolute atomic E-state index is 0. The SMILES string of the molecule is CC.CCCC[CH-]CCC(C)CC.CS.[CH-]1CCCCN1.[W].[W].[W].[W]. The molecule has 156 valence electrons. The summed E-state index contributed by atoms with van der Waals surface area (Å²) >= 11 is 3.53. The van der Waals surface area contributed by atoms with E-state index in [9.17, 15) is 0 Å². The summed E-state index contributed by atoms with van der Waals surface area (Å²) in [6, 6.07) is 0. The number of thiol groups is 1. The first-order chi connectivity index (χ1) is 10.3. The molecule has 0 saturated carbocycles. The Kier molecular flexibility index (Phi) is 93.7. The minimum atomic E-state index is 0. The van der Waals surface area contributed by atoms with E-state index < -0.39 is 0 Å². The monoisotopic (exact) mass is 1050 g/mol. The summed E-state index contributed by atoms with van der Waals surface area (Å²) in [7, 11) is 0. The second-order valence-corrected chi connectivity index (χ2v) is 5.18. The number of rotatable bonds is 7. The van der Waals surface area contributed by atoms with E-state index in [0.29, 0.717) is 0 Å². The summed E-state index contributed by atoms with van der Waals surface area (Å²) in [6.45, 7) is 14.2. The Bertz CT molecular complexity index is 140. The standard InChI is InChI=1S/C11H23.C5H10N.C2H6.CH4S.4W/c1-4-6-7-8-9-10-11(3)5-2;1-2-4-6-5-3-1;2*1-2;;;;/h8,11H,4-7,9-10H2,1-3H3;4,6H,1-3,5H2;1-2H3;2H,1H3;;;;/q2*-1;;;;;;. The molecule has 1 atom stereocenters. The molecule has 0 amide bonds. The van der Waals surface area contributed by atoms with Gasteiger partial charge in [-0.3, -0.25) is 6.54 Å². The van der Waals surface area contributed by atoms with Crippen LogP contribution in [0.25, 0.3) is 0 Å². The van der Waals surface area contributed by atoms with Gasteiger partial charge in [0, 0.05) is 84.3 Å². The van der Waals surface area contributed by atoms with E-state index in [1.807, 2.05) is 13.8 Å². The van der Waals surface area contributed by atoms with Crippen LogP contribution < -0.4 is 5.32 Å². The van der Waals surface area contributed by atoms with Crippen molar-refractivity contribution < 1.29 is 84.3 Å². The van der Waals surface area contributed by atoms with E-state index in [4.69, 9.17) is 0 Å². The first kappa shape index (κ1) is 46.3. The smallest absolute Gasteiger partial charge is 0 e. The van der Waals surface area contributed by atoms with Gasteiger partial charge in [0.2, 0.25) is 0 Å². The van der Waals surface area contributed by atoms with Crippen LogP contribution in [-0.4, -0.2) is 12.8 Å². The van der Waals surface area contributed by atoms with Gasteiger partial charge < -0.3 is 11.7 Å². The molecule has 0 aromatic rings. The van der Waals surface area contributed by atoms with Crippen molar-refractivity contribution in [2.24, 2.45) is 5.92 Å². The molecule has 1 heterocycles. The second kappa shape index (κ2) is 50.6. The van der Waals surface area contributed by atoms with Crippen molar-refractivity contribution in [1.29, 1.82) is 0 Å². The molecule has 1 nitrogen and oxygen atoms in total. The number of hydrogen-bond acceptors (Lipinski definition) is 2. The summed E-state index contributed by atoms with van der Waals surface area (Å²) in [5.41, 5.74) is 0. The van der Waals surface area contributed by atoms with Crippen molar-refractivity contribution in [2.75, 3.05) is 12.8 Å². The van der Waals surface area contributed by atoms with Crippen LogP contribution in [0.15, 0.2) is 0 Å². The molecule has 1 fully saturated rings. The zero-order valence-corrected chi connectivity index (χ0v) is 30.0. The van der Waals surface area contributed by atoms with Crippen LogP contribution in [0.4, 0.5) is 0 Å². The molecule has 1 aliphatic heterocycles. The van der Waals surface area contributed by atoms with Crippen LogP contribution in [0, 0.1) is 18.9 Å². The van der Waals surface area contributed by atoms with E-state index in [1.165, 1.54) is 64.3 Å². The van der Waals surface area contributed by atoms with Crippen molar-refractivity contribution in [1.82, 2.24) is 5.32 Å². The summed E-state index contributed by atoms with van der Waals surface area (Å²) in [6.07, 6.45) is 16.2. The van der Waals surface area contributed by atoms with E-state index >= 15 is 0 Å². The molecule has 1 rings (SSSR count). The van der Waals surface area contributed by atoms with E-state index in [2.05, 4.69) is 51.7 Å². The average Bonchev–Trinajstić information content (AvgIpc) is 2.60. The van der Waals surface area contributed by atoms with Gasteiger partial charge in [-0.15, -0.1) is 0 Å². The van der Waals surface area contributed by atoms with Gasteiger partial charge in [0.1, 0.15) is 0 Å². The van der Waals surface area contributed by atoms with Gasteiger partial charge in [0.05, 0.1) is 0 Å². The Morgan fingerprint density at radius 2 is 1.56 bits per heavy atom. The number of piperidine rings is 1. The third-order valence-corrected chi connectivity index (χ3v) is 3.39. The zero-order valence-electron chi connectivity index (χ0n) is 17.4. The van der Waals surface area contributed by atoms with Crippen LogP contribution in [-0.2, 0) is 84.3 Å². The largest absolute Gasteiger partial charge is 0.470 e. The van der Waals surface area contributed by atoms with Gasteiger partial charge in [0.25, 0.3) is 0 Å². The quantitative estimate of drug-likeness (QED) is 0.165. The number of hydrogen-bond donors (Lipinski definition) is 2. The maximum atomic E-state index is 3.53. The molecule has 1 saturated heterocycles. The Balaban J connectivity index is -0.0000000402. The van der Waals surface area contributed by atoms with Gasteiger partial charge >= 0.3 is 0 Å². The Morgan fingerprint density at radius 1 is 1.00 bits per heavy atom. The van der Waals surface area contributed by atoms with E-state index in [-0.39, 0.29) is 84.3 Å². The molecular formula is C19H43NSW4-2. The van der Waals surface area contributed by atoms with Crippen LogP contribution in [0.2, 0.25) is 0 Å². The fourth-order valence-corrected chi connectivity index (χ4v) is 1.78. The minimum Gasteiger partial charge on any atom is -0.470 e. The van der Waals surface area contributed by atoms with E-state index in [1.54, 1.807) is 6.26 Å². The molecule has 1 unspecified atom stereocenters. The molecule has 0 spiro atoms. The fourth-order valence-electron chi connectivity index (χ4n) is 1.78. The van der Waals surface area contributed by atoms with Crippen LogP contribution in [0.5, 0.6) is 0 Å². The van der Waals surface area contributed by atoms with E-state index in [0.717, 1.165) is 5.92 Å². The molecule has 6 heteroatoms. The van der Waals surface area contributed by atoms with Crippen molar-refractivity contribution in [3.8, 4) is 0 Å². The maximum absolute atomic E-state index is 3.53. The van der Waals surface area contributed by atoms with Gasteiger partial charge in [-0.1, -0.05) is 66.7 Å². The number of nitrogens with one attached hydrogen (secondary N) is 1. The first-order valence-corrected chi connectivity index (χ1v) is 10.0. The van der Waals surface area contributed by atoms with Crippen LogP contribution >= 0.6 is 12.6 Å². The van der Waals surface area contributed by atoms with Crippen LogP contribution in [0.3, 0.4) is 0 Å². The molecule has 0 bridgehead atoms.